The van der Waals surface area contributed by atoms with E-state index >= 15 is 0 Å². The van der Waals surface area contributed by atoms with Crippen LogP contribution < -0.4 is 19.7 Å². The van der Waals surface area contributed by atoms with Crippen molar-refractivity contribution >= 4 is 55.6 Å². The number of aromatic nitrogens is 2. The molecule has 1 spiro atoms. The van der Waals surface area contributed by atoms with Gasteiger partial charge in [0.05, 0.1) is 21.6 Å². The fraction of sp³-hybridized carbons (Fsp3) is 0.467. The van der Waals surface area contributed by atoms with Gasteiger partial charge in [0.2, 0.25) is 0 Å². The van der Waals surface area contributed by atoms with Gasteiger partial charge in [0.15, 0.2) is 0 Å². The van der Waals surface area contributed by atoms with Crippen molar-refractivity contribution in [3.8, 4) is 11.5 Å². The third-order valence-corrected chi connectivity index (χ3v) is 14.4. The van der Waals surface area contributed by atoms with Crippen LogP contribution in [0.5, 0.6) is 11.5 Å². The first kappa shape index (κ1) is 42.7. The minimum atomic E-state index is -4.54. The Kier molecular flexibility index (Phi) is 12.0. The number of aromatic amines is 1. The van der Waals surface area contributed by atoms with Crippen LogP contribution in [0.3, 0.4) is 0 Å². The molecule has 0 radical (unpaired) electrons. The number of halogens is 1. The second-order valence-electron chi connectivity index (χ2n) is 18.3. The predicted molar refractivity (Wildman–Crippen MR) is 239 cm³/mol. The number of alkyl halides is 1. The number of hydrogen-bond acceptors (Lipinski definition) is 11. The van der Waals surface area contributed by atoms with Crippen molar-refractivity contribution in [3.05, 3.63) is 99.9 Å². The molecule has 4 heterocycles. The Labute approximate surface area is 362 Å². The zero-order valence-electron chi connectivity index (χ0n) is 35.1. The second kappa shape index (κ2) is 17.1. The van der Waals surface area contributed by atoms with Gasteiger partial charge in [-0.2, -0.15) is 0 Å². The van der Waals surface area contributed by atoms with Crippen LogP contribution in [0.15, 0.2) is 89.1 Å². The number of likely N-dealkylation sites (tertiary alicyclic amines) is 1. The number of anilines is 2. The Morgan fingerprint density at radius 1 is 1.10 bits per heavy atom. The number of carbonyl (C=O) groups is 1. The molecule has 14 nitrogen and oxygen atoms in total. The number of hydrogen-bond donors (Lipinski definition) is 3. The Bertz CT molecular complexity index is 2480. The highest BCUT2D eigenvalue weighted by Crippen LogP contribution is 2.51. The molecule has 3 N–H and O–H groups in total. The first-order chi connectivity index (χ1) is 29.1. The van der Waals surface area contributed by atoms with E-state index in [1.807, 2.05) is 6.07 Å². The SMILES string of the molecule is C=C(CCCl)C1=C(CN2CCN(c3ccc(C(=O)NS(=O)(=O)c4ccc(NCC5CC6(C5)CN(C)C6)c([N+](=O)[O-])c4)c(Oc4cnc5[nH]ccc5c4)c3)CC2)CCC(C)(C)C1. The van der Waals surface area contributed by atoms with E-state index < -0.39 is 25.7 Å². The lowest BCUT2D eigenvalue weighted by Gasteiger charge is -2.58. The topological polar surface area (TPSA) is 166 Å². The molecule has 1 amide bonds. The van der Waals surface area contributed by atoms with Crippen molar-refractivity contribution in [2.24, 2.45) is 16.7 Å². The summed E-state index contributed by atoms with van der Waals surface area (Å²) < 4.78 is 35.8. The highest BCUT2D eigenvalue weighted by atomic mass is 35.5. The van der Waals surface area contributed by atoms with Crippen molar-refractivity contribution in [3.63, 3.8) is 0 Å². The first-order valence-electron chi connectivity index (χ1n) is 21.0. The molecule has 8 rings (SSSR count). The maximum Gasteiger partial charge on any atom is 0.293 e. The number of sulfonamides is 1. The average Bonchev–Trinajstić information content (AvgIpc) is 3.67. The molecule has 3 fully saturated rings. The van der Waals surface area contributed by atoms with Crippen LogP contribution in [0, 0.1) is 26.9 Å². The molecule has 324 valence electrons. The third-order valence-electron chi connectivity index (χ3n) is 12.9. The summed E-state index contributed by atoms with van der Waals surface area (Å²) in [5, 5.41) is 16.1. The van der Waals surface area contributed by atoms with Crippen LogP contribution in [0.2, 0.25) is 0 Å². The van der Waals surface area contributed by atoms with E-state index in [0.717, 1.165) is 107 Å². The lowest BCUT2D eigenvalue weighted by Crippen LogP contribution is -2.61. The van der Waals surface area contributed by atoms with Crippen LogP contribution in [0.25, 0.3) is 11.0 Å². The molecule has 0 unspecified atom stereocenters. The Morgan fingerprint density at radius 2 is 1.87 bits per heavy atom. The first-order valence-corrected chi connectivity index (χ1v) is 23.1. The number of piperazine rings is 1. The molecule has 2 aliphatic heterocycles. The van der Waals surface area contributed by atoms with Crippen LogP contribution in [0.4, 0.5) is 17.1 Å². The highest BCUT2D eigenvalue weighted by molar-refractivity contribution is 7.90. The summed E-state index contributed by atoms with van der Waals surface area (Å²) in [4.78, 5) is 39.5. The number of benzene rings is 2. The van der Waals surface area contributed by atoms with Crippen molar-refractivity contribution in [1.29, 1.82) is 0 Å². The molecule has 4 aromatic rings. The van der Waals surface area contributed by atoms with E-state index in [-0.39, 0.29) is 28.1 Å². The number of nitro benzene ring substituents is 1. The maximum absolute atomic E-state index is 13.9. The van der Waals surface area contributed by atoms with Gasteiger partial charge in [0.1, 0.15) is 22.8 Å². The van der Waals surface area contributed by atoms with Gasteiger partial charge in [-0.25, -0.2) is 18.1 Å². The highest BCUT2D eigenvalue weighted by Gasteiger charge is 2.50. The summed E-state index contributed by atoms with van der Waals surface area (Å²) in [6.45, 7) is 15.7. The predicted octanol–water partition coefficient (Wildman–Crippen LogP) is 7.95. The minimum absolute atomic E-state index is 0.0271. The summed E-state index contributed by atoms with van der Waals surface area (Å²) in [5.41, 5.74) is 5.89. The van der Waals surface area contributed by atoms with Gasteiger partial charge in [-0.3, -0.25) is 19.8 Å². The number of amides is 1. The number of rotatable bonds is 15. The molecule has 2 saturated heterocycles. The minimum Gasteiger partial charge on any atom is -0.455 e. The number of carbonyl (C=O) groups excluding carboxylic acids is 1. The molecule has 1 saturated carbocycles. The fourth-order valence-electron chi connectivity index (χ4n) is 9.80. The van der Waals surface area contributed by atoms with Crippen LogP contribution >= 0.6 is 11.6 Å². The summed E-state index contributed by atoms with van der Waals surface area (Å²) in [6, 6.07) is 12.4. The normalized spacial score (nSPS) is 19.4. The number of ether oxygens (including phenoxy) is 1. The van der Waals surface area contributed by atoms with Gasteiger partial charge in [0.25, 0.3) is 21.6 Å². The molecular weight excluding hydrogens is 816 g/mol. The van der Waals surface area contributed by atoms with E-state index in [1.54, 1.807) is 30.5 Å². The van der Waals surface area contributed by atoms with Gasteiger partial charge in [0, 0.05) is 87.6 Å². The van der Waals surface area contributed by atoms with E-state index in [4.69, 9.17) is 16.3 Å². The van der Waals surface area contributed by atoms with Crippen molar-refractivity contribution in [2.45, 2.75) is 57.3 Å². The molecule has 2 aromatic heterocycles. The molecule has 61 heavy (non-hydrogen) atoms. The standard InChI is InChI=1S/C45H55ClN8O6S/c1-30(10-13-46)38-24-44(2,3)12-9-33(38)27-52-15-17-53(18-16-52)34-5-7-37(41(20-34)60-35-19-32-11-14-47-42(32)49-26-35)43(55)50-61(58,59)36-6-8-39(40(21-36)54(56)57)48-25-31-22-45(23-31)28-51(4)29-45/h5-8,11,14,19-21,26,31,48H,1,9-10,12-13,15-18,22-25,27-29H2,2-4H3,(H,47,49)(H,50,55). The molecule has 4 aliphatic rings. The summed E-state index contributed by atoms with van der Waals surface area (Å²) >= 11 is 6.12. The Morgan fingerprint density at radius 3 is 2.59 bits per heavy atom. The van der Waals surface area contributed by atoms with Gasteiger partial charge in [-0.1, -0.05) is 31.6 Å². The van der Waals surface area contributed by atoms with Crippen LogP contribution in [-0.4, -0.2) is 104 Å². The van der Waals surface area contributed by atoms with Gasteiger partial charge in [-0.05, 0) is 104 Å². The van der Waals surface area contributed by atoms with Gasteiger partial charge >= 0.3 is 0 Å². The van der Waals surface area contributed by atoms with Crippen LogP contribution in [0.1, 0.15) is 62.7 Å². The average molecular weight is 872 g/mol. The monoisotopic (exact) mass is 870 g/mol. The number of allylic oxidation sites excluding steroid dienone is 2. The van der Waals surface area contributed by atoms with Crippen LogP contribution in [-0.2, 0) is 10.0 Å². The van der Waals surface area contributed by atoms with E-state index in [0.29, 0.717) is 35.2 Å². The summed E-state index contributed by atoms with van der Waals surface area (Å²) in [5.74, 6) is 0.505. The Hall–Kier alpha value is -4.96. The Balaban J connectivity index is 0.980. The zero-order chi connectivity index (χ0) is 43.1. The number of nitrogens with one attached hydrogen (secondary N) is 3. The maximum atomic E-state index is 13.9. The lowest BCUT2D eigenvalue weighted by molar-refractivity contribution is -0.384. The van der Waals surface area contributed by atoms with Crippen molar-refractivity contribution < 1.29 is 22.9 Å². The van der Waals surface area contributed by atoms with Crippen molar-refractivity contribution in [2.75, 3.05) is 75.5 Å². The van der Waals surface area contributed by atoms with Crippen molar-refractivity contribution in [1.82, 2.24) is 24.5 Å². The molecular formula is C45H55ClN8O6S. The lowest BCUT2D eigenvalue weighted by atomic mass is 9.58. The molecule has 16 heteroatoms. The smallest absolute Gasteiger partial charge is 0.293 e. The zero-order valence-corrected chi connectivity index (χ0v) is 36.7. The molecule has 2 aromatic carbocycles. The fourth-order valence-corrected chi connectivity index (χ4v) is 11.0. The third kappa shape index (κ3) is 9.44. The molecule has 0 bridgehead atoms. The number of H-pyrrole nitrogens is 1. The number of nitrogens with zero attached hydrogens (tertiary/aromatic N) is 5. The second-order valence-corrected chi connectivity index (χ2v) is 20.4. The van der Waals surface area contributed by atoms with E-state index in [9.17, 15) is 23.3 Å². The molecule has 2 aliphatic carbocycles. The summed E-state index contributed by atoms with van der Waals surface area (Å²) in [6.07, 6.45) is 9.39. The largest absolute Gasteiger partial charge is 0.455 e. The van der Waals surface area contributed by atoms with E-state index in [2.05, 4.69) is 62.2 Å². The van der Waals surface area contributed by atoms with E-state index in [1.165, 1.54) is 29.5 Å². The molecule has 0 atom stereocenters. The summed E-state index contributed by atoms with van der Waals surface area (Å²) in [7, 11) is -2.44. The van der Waals surface area contributed by atoms with Gasteiger partial charge in [-0.15, -0.1) is 11.6 Å². The van der Waals surface area contributed by atoms with Gasteiger partial charge < -0.3 is 24.8 Å². The number of nitro groups is 1. The number of pyridine rings is 1. The number of fused-ring (bicyclic) bond motifs is 1. The quantitative estimate of drug-likeness (QED) is 0.0603.